The number of esters is 2. The molecule has 1 N–H and O–H groups in total. The number of rotatable bonds is 8. The number of allylic oxidation sites excluding steroid dienone is 2. The Morgan fingerprint density at radius 3 is 2.68 bits per heavy atom. The maximum absolute atomic E-state index is 12.8. The molecule has 0 radical (unpaired) electrons. The molecule has 11 heteroatoms. The van der Waals surface area contributed by atoms with Gasteiger partial charge in [-0.1, -0.05) is 26.0 Å². The molecule has 31 heavy (non-hydrogen) atoms. The second-order valence-corrected chi connectivity index (χ2v) is 9.55. The monoisotopic (exact) mass is 459 g/mol. The van der Waals surface area contributed by atoms with Crippen LogP contribution in [-0.2, 0) is 42.0 Å². The smallest absolute Gasteiger partial charge is 0.469 e. The molecule has 10 nitrogen and oxygen atoms in total. The van der Waals surface area contributed by atoms with Gasteiger partial charge in [0, 0.05) is 12.0 Å². The van der Waals surface area contributed by atoms with Crippen molar-refractivity contribution in [1.29, 1.82) is 0 Å². The molecule has 2 aliphatic rings. The molecule has 1 saturated heterocycles. The highest BCUT2D eigenvalue weighted by molar-refractivity contribution is 7.48. The van der Waals surface area contributed by atoms with Crippen LogP contribution in [0.2, 0.25) is 0 Å². The van der Waals surface area contributed by atoms with E-state index in [4.69, 9.17) is 18.3 Å². The number of phosphoric ester groups is 1. The van der Waals surface area contributed by atoms with Crippen LogP contribution in [0.25, 0.3) is 0 Å². The first-order chi connectivity index (χ1) is 14.6. The van der Waals surface area contributed by atoms with Crippen molar-refractivity contribution in [2.75, 3.05) is 27.1 Å². The van der Waals surface area contributed by atoms with Crippen molar-refractivity contribution >= 4 is 25.7 Å². The van der Waals surface area contributed by atoms with Gasteiger partial charge in [0.05, 0.1) is 25.7 Å². The van der Waals surface area contributed by atoms with Gasteiger partial charge in [0.2, 0.25) is 12.7 Å². The first-order valence-electron chi connectivity index (χ1n) is 10.0. The molecule has 1 heterocycles. The minimum Gasteiger partial charge on any atom is -0.469 e. The lowest BCUT2D eigenvalue weighted by atomic mass is 9.87. The quantitative estimate of drug-likeness (QED) is 0.331. The van der Waals surface area contributed by atoms with E-state index in [9.17, 15) is 18.9 Å². The van der Waals surface area contributed by atoms with Crippen LogP contribution in [0.15, 0.2) is 23.3 Å². The molecule has 0 bridgehead atoms. The normalized spacial score (nSPS) is 25.5. The van der Waals surface area contributed by atoms with Crippen LogP contribution in [0.4, 0.5) is 0 Å². The predicted octanol–water partition coefficient (Wildman–Crippen LogP) is 2.79. The topological polar surface area (TPSA) is 126 Å². The Bertz CT molecular complexity index is 802. The Morgan fingerprint density at radius 2 is 1.97 bits per heavy atom. The first-order valence-corrected chi connectivity index (χ1v) is 11.5. The van der Waals surface area contributed by atoms with Crippen molar-refractivity contribution in [1.82, 2.24) is 5.32 Å². The highest BCUT2D eigenvalue weighted by atomic mass is 31.2. The first kappa shape index (κ1) is 25.3. The van der Waals surface area contributed by atoms with Crippen molar-refractivity contribution in [3.8, 4) is 0 Å². The van der Waals surface area contributed by atoms with Crippen molar-refractivity contribution in [2.24, 2.45) is 5.41 Å². The summed E-state index contributed by atoms with van der Waals surface area (Å²) >= 11 is 0. The van der Waals surface area contributed by atoms with Crippen LogP contribution in [0.3, 0.4) is 0 Å². The number of phosphoric acid groups is 1. The minimum atomic E-state index is -4.14. The number of amides is 1. The van der Waals surface area contributed by atoms with E-state index in [1.165, 1.54) is 7.11 Å². The highest BCUT2D eigenvalue weighted by Gasteiger charge is 2.49. The summed E-state index contributed by atoms with van der Waals surface area (Å²) in [6.45, 7) is 4.52. The molecule has 1 fully saturated rings. The molecule has 1 unspecified atom stereocenters. The van der Waals surface area contributed by atoms with E-state index < -0.39 is 44.0 Å². The van der Waals surface area contributed by atoms with Crippen molar-refractivity contribution in [2.45, 2.75) is 52.6 Å². The maximum atomic E-state index is 12.8. The fraction of sp³-hybridized carbons (Fsp3) is 0.650. The van der Waals surface area contributed by atoms with Gasteiger partial charge in [-0.2, -0.15) is 0 Å². The molecule has 0 aromatic carbocycles. The summed E-state index contributed by atoms with van der Waals surface area (Å²) in [6.07, 6.45) is 5.17. The van der Waals surface area contributed by atoms with E-state index in [0.29, 0.717) is 5.57 Å². The summed E-state index contributed by atoms with van der Waals surface area (Å²) < 4.78 is 38.1. The van der Waals surface area contributed by atoms with Gasteiger partial charge in [-0.15, -0.1) is 0 Å². The van der Waals surface area contributed by atoms with Crippen LogP contribution >= 0.6 is 7.82 Å². The molecular weight excluding hydrogens is 429 g/mol. The molecular formula is C20H30NO9P. The van der Waals surface area contributed by atoms with E-state index in [1.54, 1.807) is 19.9 Å². The average Bonchev–Trinajstić information content (AvgIpc) is 2.94. The summed E-state index contributed by atoms with van der Waals surface area (Å²) in [5, 5.41) is 2.54. The van der Waals surface area contributed by atoms with E-state index in [0.717, 1.165) is 24.8 Å². The second kappa shape index (κ2) is 11.0. The van der Waals surface area contributed by atoms with Crippen LogP contribution < -0.4 is 5.32 Å². The van der Waals surface area contributed by atoms with Gasteiger partial charge in [-0.25, -0.2) is 13.9 Å². The van der Waals surface area contributed by atoms with Gasteiger partial charge in [0.15, 0.2) is 6.10 Å². The SMILES string of the molecule is COC(=O)CCNC(=O)[C@@H]1OP(=O)(OCOC(=O)C2=CCCCC=C2C)OCC1(C)C. The minimum absolute atomic E-state index is 0.0142. The number of hydrogen-bond donors (Lipinski definition) is 1. The van der Waals surface area contributed by atoms with Crippen LogP contribution in [0.1, 0.15) is 46.5 Å². The standard InChI is InChI=1S/C20H30NO9P/c1-14-8-6-5-7-9-15(14)19(24)27-13-29-31(25)28-12-20(2,3)17(30-31)18(23)21-11-10-16(22)26-4/h8-9,17H,5-7,10-13H2,1-4H3,(H,21,23)/t17-,31?/m0/s1. The summed E-state index contributed by atoms with van der Waals surface area (Å²) in [7, 11) is -2.90. The van der Waals surface area contributed by atoms with E-state index in [1.807, 2.05) is 13.0 Å². The highest BCUT2D eigenvalue weighted by Crippen LogP contribution is 2.57. The van der Waals surface area contributed by atoms with Gasteiger partial charge in [0.1, 0.15) is 0 Å². The summed E-state index contributed by atoms with van der Waals surface area (Å²) in [4.78, 5) is 36.0. The van der Waals surface area contributed by atoms with Gasteiger partial charge in [-0.3, -0.25) is 18.6 Å². The number of methoxy groups -OCH3 is 1. The summed E-state index contributed by atoms with van der Waals surface area (Å²) in [5.74, 6) is -1.64. The third-order valence-electron chi connectivity index (χ3n) is 4.89. The summed E-state index contributed by atoms with van der Waals surface area (Å²) in [6, 6.07) is 0. The van der Waals surface area contributed by atoms with Gasteiger partial charge >= 0.3 is 19.8 Å². The largest absolute Gasteiger partial charge is 0.478 e. The fourth-order valence-electron chi connectivity index (χ4n) is 3.00. The molecule has 2 rings (SSSR count). The van der Waals surface area contributed by atoms with Crippen molar-refractivity contribution in [3.63, 3.8) is 0 Å². The van der Waals surface area contributed by atoms with Crippen LogP contribution in [0, 0.1) is 5.41 Å². The van der Waals surface area contributed by atoms with Crippen molar-refractivity contribution in [3.05, 3.63) is 23.3 Å². The number of nitrogens with one attached hydrogen (secondary N) is 1. The maximum Gasteiger partial charge on any atom is 0.478 e. The molecule has 1 amide bonds. The molecule has 1 aliphatic heterocycles. The van der Waals surface area contributed by atoms with E-state index in [2.05, 4.69) is 10.1 Å². The Morgan fingerprint density at radius 1 is 1.26 bits per heavy atom. The zero-order chi connectivity index (χ0) is 23.1. The molecule has 0 spiro atoms. The summed E-state index contributed by atoms with van der Waals surface area (Å²) in [5.41, 5.74) is 0.440. The Balaban J connectivity index is 1.91. The lowest BCUT2D eigenvalue weighted by Crippen LogP contribution is -2.50. The Hall–Kier alpha value is -2.00. The average molecular weight is 459 g/mol. The molecule has 174 valence electrons. The molecule has 0 aromatic heterocycles. The molecule has 0 aromatic rings. The molecule has 2 atom stereocenters. The lowest BCUT2D eigenvalue weighted by Gasteiger charge is -2.39. The number of carbonyl (C=O) groups is 3. The fourth-order valence-corrected chi connectivity index (χ4v) is 4.50. The van der Waals surface area contributed by atoms with Crippen LogP contribution in [0.5, 0.6) is 0 Å². The van der Waals surface area contributed by atoms with Gasteiger partial charge < -0.3 is 14.8 Å². The number of ether oxygens (including phenoxy) is 2. The predicted molar refractivity (Wildman–Crippen MR) is 110 cm³/mol. The molecule has 0 saturated carbocycles. The Kier molecular flexibility index (Phi) is 9.00. The van der Waals surface area contributed by atoms with Crippen LogP contribution in [-0.4, -0.2) is 51.0 Å². The van der Waals surface area contributed by atoms with Gasteiger partial charge in [-0.05, 0) is 31.8 Å². The Labute approximate surface area is 181 Å². The molecule has 1 aliphatic carbocycles. The third kappa shape index (κ3) is 7.28. The van der Waals surface area contributed by atoms with Crippen molar-refractivity contribution < 1.29 is 42.0 Å². The third-order valence-corrected chi connectivity index (χ3v) is 6.22. The zero-order valence-electron chi connectivity index (χ0n) is 18.3. The number of hydrogen-bond acceptors (Lipinski definition) is 9. The second-order valence-electron chi connectivity index (χ2n) is 7.93. The number of carbonyl (C=O) groups excluding carboxylic acids is 3. The van der Waals surface area contributed by atoms with E-state index >= 15 is 0 Å². The van der Waals surface area contributed by atoms with E-state index in [-0.39, 0.29) is 19.6 Å². The zero-order valence-corrected chi connectivity index (χ0v) is 19.2. The lowest BCUT2D eigenvalue weighted by molar-refractivity contribution is -0.152. The van der Waals surface area contributed by atoms with Gasteiger partial charge in [0.25, 0.3) is 0 Å².